The SMILES string of the molecule is Cc1c(CN)nnn1Cc1ccco1. The molecule has 0 spiro atoms. The molecule has 0 aliphatic rings. The normalized spacial score (nSPS) is 10.7. The van der Waals surface area contributed by atoms with Gasteiger partial charge in [-0.3, -0.25) is 0 Å². The zero-order chi connectivity index (χ0) is 9.97. The monoisotopic (exact) mass is 192 g/mol. The highest BCUT2D eigenvalue weighted by Gasteiger charge is 2.07. The van der Waals surface area contributed by atoms with Gasteiger partial charge in [-0.2, -0.15) is 0 Å². The Morgan fingerprint density at radius 2 is 2.43 bits per heavy atom. The van der Waals surface area contributed by atoms with Crippen LogP contribution in [0.15, 0.2) is 22.8 Å². The zero-order valence-corrected chi connectivity index (χ0v) is 7.97. The molecule has 0 amide bonds. The van der Waals surface area contributed by atoms with Gasteiger partial charge in [-0.15, -0.1) is 5.10 Å². The first-order valence-electron chi connectivity index (χ1n) is 4.42. The van der Waals surface area contributed by atoms with Gasteiger partial charge in [-0.05, 0) is 19.1 Å². The first-order chi connectivity index (χ1) is 6.81. The van der Waals surface area contributed by atoms with E-state index in [1.54, 1.807) is 10.9 Å². The summed E-state index contributed by atoms with van der Waals surface area (Å²) in [5.41, 5.74) is 7.32. The lowest BCUT2D eigenvalue weighted by atomic mass is 10.3. The molecule has 0 aliphatic heterocycles. The number of rotatable bonds is 3. The fourth-order valence-corrected chi connectivity index (χ4v) is 1.29. The van der Waals surface area contributed by atoms with E-state index < -0.39 is 0 Å². The summed E-state index contributed by atoms with van der Waals surface area (Å²) < 4.78 is 6.99. The van der Waals surface area contributed by atoms with Crippen LogP contribution in [0.1, 0.15) is 17.1 Å². The lowest BCUT2D eigenvalue weighted by Crippen LogP contribution is -2.04. The average Bonchev–Trinajstić information content (AvgIpc) is 2.79. The Bertz CT molecular complexity index is 404. The maximum atomic E-state index is 5.50. The van der Waals surface area contributed by atoms with Crippen molar-refractivity contribution >= 4 is 0 Å². The van der Waals surface area contributed by atoms with Crippen LogP contribution in [0.4, 0.5) is 0 Å². The minimum Gasteiger partial charge on any atom is -0.467 e. The summed E-state index contributed by atoms with van der Waals surface area (Å²) in [4.78, 5) is 0. The third-order valence-corrected chi connectivity index (χ3v) is 2.16. The van der Waals surface area contributed by atoms with Gasteiger partial charge in [0.15, 0.2) is 0 Å². The molecule has 2 rings (SSSR count). The average molecular weight is 192 g/mol. The molecule has 5 heteroatoms. The van der Waals surface area contributed by atoms with Crippen molar-refractivity contribution in [2.24, 2.45) is 5.73 Å². The van der Waals surface area contributed by atoms with Gasteiger partial charge in [0.25, 0.3) is 0 Å². The van der Waals surface area contributed by atoms with E-state index in [0.29, 0.717) is 13.1 Å². The van der Waals surface area contributed by atoms with Gasteiger partial charge in [0.05, 0.1) is 17.7 Å². The topological polar surface area (TPSA) is 69.9 Å². The molecule has 0 atom stereocenters. The van der Waals surface area contributed by atoms with Gasteiger partial charge in [0.1, 0.15) is 12.3 Å². The molecule has 2 aromatic rings. The Labute approximate surface area is 81.5 Å². The van der Waals surface area contributed by atoms with E-state index in [1.807, 2.05) is 19.1 Å². The van der Waals surface area contributed by atoms with E-state index in [9.17, 15) is 0 Å². The van der Waals surface area contributed by atoms with Crippen molar-refractivity contribution in [2.45, 2.75) is 20.0 Å². The molecule has 0 aliphatic carbocycles. The van der Waals surface area contributed by atoms with Gasteiger partial charge < -0.3 is 10.2 Å². The molecule has 2 N–H and O–H groups in total. The first kappa shape index (κ1) is 8.96. The third-order valence-electron chi connectivity index (χ3n) is 2.16. The summed E-state index contributed by atoms with van der Waals surface area (Å²) in [5, 5.41) is 7.95. The summed E-state index contributed by atoms with van der Waals surface area (Å²) in [5.74, 6) is 0.863. The minimum atomic E-state index is 0.421. The maximum Gasteiger partial charge on any atom is 0.125 e. The molecule has 0 unspecified atom stereocenters. The van der Waals surface area contributed by atoms with Crippen LogP contribution < -0.4 is 5.73 Å². The Hall–Kier alpha value is -1.62. The molecule has 0 radical (unpaired) electrons. The van der Waals surface area contributed by atoms with Crippen molar-refractivity contribution < 1.29 is 4.42 Å². The first-order valence-corrected chi connectivity index (χ1v) is 4.42. The number of nitrogens with two attached hydrogens (primary N) is 1. The van der Waals surface area contributed by atoms with Gasteiger partial charge in [-0.25, -0.2) is 4.68 Å². The highest BCUT2D eigenvalue weighted by Crippen LogP contribution is 2.07. The van der Waals surface area contributed by atoms with Crippen molar-refractivity contribution in [3.63, 3.8) is 0 Å². The lowest BCUT2D eigenvalue weighted by Gasteiger charge is -1.99. The van der Waals surface area contributed by atoms with Crippen molar-refractivity contribution in [3.05, 3.63) is 35.5 Å². The molecular weight excluding hydrogens is 180 g/mol. The van der Waals surface area contributed by atoms with E-state index in [4.69, 9.17) is 10.2 Å². The molecule has 2 aromatic heterocycles. The zero-order valence-electron chi connectivity index (χ0n) is 7.97. The summed E-state index contributed by atoms with van der Waals surface area (Å²) in [6.07, 6.45) is 1.64. The third kappa shape index (κ3) is 1.54. The molecule has 5 nitrogen and oxygen atoms in total. The van der Waals surface area contributed by atoms with Crippen molar-refractivity contribution in [1.82, 2.24) is 15.0 Å². The predicted molar refractivity (Wildman–Crippen MR) is 50.5 cm³/mol. The highest BCUT2D eigenvalue weighted by atomic mass is 16.3. The number of aromatic nitrogens is 3. The Balaban J connectivity index is 2.21. The fraction of sp³-hybridized carbons (Fsp3) is 0.333. The molecule has 2 heterocycles. The largest absolute Gasteiger partial charge is 0.467 e. The summed E-state index contributed by atoms with van der Waals surface area (Å²) in [6, 6.07) is 3.76. The smallest absolute Gasteiger partial charge is 0.125 e. The second kappa shape index (κ2) is 3.63. The molecular formula is C9H12N4O. The number of nitrogens with zero attached hydrogens (tertiary/aromatic N) is 3. The van der Waals surface area contributed by atoms with Gasteiger partial charge in [-0.1, -0.05) is 5.21 Å². The minimum absolute atomic E-state index is 0.421. The number of hydrogen-bond acceptors (Lipinski definition) is 4. The molecule has 14 heavy (non-hydrogen) atoms. The van der Waals surface area contributed by atoms with Crippen LogP contribution in [0.25, 0.3) is 0 Å². The van der Waals surface area contributed by atoms with Crippen LogP contribution in [0.3, 0.4) is 0 Å². The Morgan fingerprint density at radius 3 is 3.00 bits per heavy atom. The van der Waals surface area contributed by atoms with Gasteiger partial charge in [0, 0.05) is 6.54 Å². The van der Waals surface area contributed by atoms with Crippen molar-refractivity contribution in [1.29, 1.82) is 0 Å². The van der Waals surface area contributed by atoms with E-state index in [-0.39, 0.29) is 0 Å². The van der Waals surface area contributed by atoms with E-state index >= 15 is 0 Å². The van der Waals surface area contributed by atoms with Crippen LogP contribution in [0.2, 0.25) is 0 Å². The second-order valence-electron chi connectivity index (χ2n) is 3.06. The molecule has 0 saturated heterocycles. The Morgan fingerprint density at radius 1 is 1.57 bits per heavy atom. The lowest BCUT2D eigenvalue weighted by molar-refractivity contribution is 0.471. The Kier molecular flexibility index (Phi) is 2.32. The maximum absolute atomic E-state index is 5.50. The standard InChI is InChI=1S/C9H12N4O/c1-7-9(5-10)11-12-13(7)6-8-3-2-4-14-8/h2-4H,5-6,10H2,1H3. The van der Waals surface area contributed by atoms with Gasteiger partial charge >= 0.3 is 0 Å². The predicted octanol–water partition coefficient (Wildman–Crippen LogP) is 0.687. The van der Waals surface area contributed by atoms with Crippen LogP contribution in [-0.2, 0) is 13.1 Å². The summed E-state index contributed by atoms with van der Waals surface area (Å²) >= 11 is 0. The fourth-order valence-electron chi connectivity index (χ4n) is 1.29. The quantitative estimate of drug-likeness (QED) is 0.776. The molecule has 0 fully saturated rings. The molecule has 0 aromatic carbocycles. The van der Waals surface area contributed by atoms with Crippen LogP contribution >= 0.6 is 0 Å². The molecule has 0 saturated carbocycles. The van der Waals surface area contributed by atoms with Crippen LogP contribution in [0.5, 0.6) is 0 Å². The van der Waals surface area contributed by atoms with E-state index in [1.165, 1.54) is 0 Å². The molecule has 74 valence electrons. The van der Waals surface area contributed by atoms with Crippen molar-refractivity contribution in [3.8, 4) is 0 Å². The number of furan rings is 1. The van der Waals surface area contributed by atoms with E-state index in [0.717, 1.165) is 17.1 Å². The van der Waals surface area contributed by atoms with Gasteiger partial charge in [0.2, 0.25) is 0 Å². The summed E-state index contributed by atoms with van der Waals surface area (Å²) in [6.45, 7) is 2.97. The second-order valence-corrected chi connectivity index (χ2v) is 3.06. The van der Waals surface area contributed by atoms with E-state index in [2.05, 4.69) is 10.3 Å². The highest BCUT2D eigenvalue weighted by molar-refractivity contribution is 5.09. The number of hydrogen-bond donors (Lipinski definition) is 1. The van der Waals surface area contributed by atoms with Crippen LogP contribution in [0, 0.1) is 6.92 Å². The van der Waals surface area contributed by atoms with Crippen LogP contribution in [-0.4, -0.2) is 15.0 Å². The molecule has 0 bridgehead atoms. The van der Waals surface area contributed by atoms with Crippen molar-refractivity contribution in [2.75, 3.05) is 0 Å². The summed E-state index contributed by atoms with van der Waals surface area (Å²) in [7, 11) is 0.